The van der Waals surface area contributed by atoms with Gasteiger partial charge in [-0.2, -0.15) is 0 Å². The van der Waals surface area contributed by atoms with Crippen LogP contribution < -0.4 is 10.5 Å². The van der Waals surface area contributed by atoms with Gasteiger partial charge >= 0.3 is 0 Å². The van der Waals surface area contributed by atoms with Gasteiger partial charge < -0.3 is 9.64 Å². The van der Waals surface area contributed by atoms with Crippen molar-refractivity contribution in [3.63, 3.8) is 0 Å². The molecule has 3 aliphatic rings. The molecule has 1 aliphatic carbocycles. The van der Waals surface area contributed by atoms with Crippen molar-refractivity contribution >= 4 is 5.95 Å². The third kappa shape index (κ3) is 3.32. The molecule has 1 N–H and O–H groups in total. The number of aromatic nitrogens is 2. The molecule has 1 atom stereocenters. The first-order valence-corrected chi connectivity index (χ1v) is 9.89. The molecule has 6 nitrogen and oxygen atoms in total. The number of hydrogen-bond donors (Lipinski definition) is 1. The SMILES string of the molecule is CC(C)=CCN1CCCC2(CCc3c2nc(N2CCOCC2)[nH]c3=O)C1. The first kappa shape index (κ1) is 17.7. The molecular formula is C20H30N4O2. The molecule has 0 bridgehead atoms. The molecule has 0 amide bonds. The van der Waals surface area contributed by atoms with Crippen molar-refractivity contribution in [2.24, 2.45) is 0 Å². The van der Waals surface area contributed by atoms with Crippen LogP contribution in [-0.2, 0) is 16.6 Å². The summed E-state index contributed by atoms with van der Waals surface area (Å²) in [5.41, 5.74) is 3.48. The fraction of sp³-hybridized carbons (Fsp3) is 0.700. The van der Waals surface area contributed by atoms with Crippen molar-refractivity contribution in [2.45, 2.75) is 44.9 Å². The lowest BCUT2D eigenvalue weighted by Crippen LogP contribution is -2.46. The van der Waals surface area contributed by atoms with Crippen molar-refractivity contribution in [2.75, 3.05) is 50.8 Å². The average Bonchev–Trinajstić information content (AvgIpc) is 2.99. The van der Waals surface area contributed by atoms with Gasteiger partial charge in [-0.05, 0) is 46.1 Å². The summed E-state index contributed by atoms with van der Waals surface area (Å²) in [6, 6.07) is 0. The average molecular weight is 358 g/mol. The predicted molar refractivity (Wildman–Crippen MR) is 103 cm³/mol. The van der Waals surface area contributed by atoms with Crippen LogP contribution in [0.2, 0.25) is 0 Å². The predicted octanol–water partition coefficient (Wildman–Crippen LogP) is 1.85. The van der Waals surface area contributed by atoms with Crippen molar-refractivity contribution in [3.8, 4) is 0 Å². The van der Waals surface area contributed by atoms with Gasteiger partial charge in [-0.15, -0.1) is 0 Å². The van der Waals surface area contributed by atoms with Crippen LogP contribution >= 0.6 is 0 Å². The monoisotopic (exact) mass is 358 g/mol. The molecule has 6 heteroatoms. The number of hydrogen-bond acceptors (Lipinski definition) is 5. The number of allylic oxidation sites excluding steroid dienone is 1. The second-order valence-electron chi connectivity index (χ2n) is 8.22. The fourth-order valence-corrected chi connectivity index (χ4v) is 4.66. The number of morpholine rings is 1. The zero-order chi connectivity index (χ0) is 18.1. The molecular weight excluding hydrogens is 328 g/mol. The molecule has 1 unspecified atom stereocenters. The molecule has 2 aliphatic heterocycles. The minimum atomic E-state index is 0.0539. The number of piperidine rings is 1. The van der Waals surface area contributed by atoms with E-state index in [1.54, 1.807) is 0 Å². The zero-order valence-corrected chi connectivity index (χ0v) is 16.0. The Morgan fingerprint density at radius 1 is 1.27 bits per heavy atom. The molecule has 0 radical (unpaired) electrons. The molecule has 0 aromatic carbocycles. The third-order valence-corrected chi connectivity index (χ3v) is 6.08. The Bertz CT molecular complexity index is 747. The Hall–Kier alpha value is -1.66. The van der Waals surface area contributed by atoms with E-state index in [-0.39, 0.29) is 11.0 Å². The quantitative estimate of drug-likeness (QED) is 0.836. The first-order chi connectivity index (χ1) is 12.6. The maximum atomic E-state index is 12.7. The van der Waals surface area contributed by atoms with E-state index in [2.05, 4.69) is 34.7 Å². The van der Waals surface area contributed by atoms with Gasteiger partial charge in [0.25, 0.3) is 5.56 Å². The van der Waals surface area contributed by atoms with Gasteiger partial charge in [0.1, 0.15) is 0 Å². The third-order valence-electron chi connectivity index (χ3n) is 6.08. The summed E-state index contributed by atoms with van der Waals surface area (Å²) >= 11 is 0. The zero-order valence-electron chi connectivity index (χ0n) is 16.0. The van der Waals surface area contributed by atoms with Crippen LogP contribution in [0, 0.1) is 0 Å². The van der Waals surface area contributed by atoms with Gasteiger partial charge in [0.15, 0.2) is 0 Å². The maximum Gasteiger partial charge on any atom is 0.255 e. The second-order valence-corrected chi connectivity index (χ2v) is 8.22. The summed E-state index contributed by atoms with van der Waals surface area (Å²) in [5, 5.41) is 0. The van der Waals surface area contributed by atoms with Crippen LogP contribution in [0.3, 0.4) is 0 Å². The van der Waals surface area contributed by atoms with E-state index in [1.807, 2.05) is 0 Å². The molecule has 26 heavy (non-hydrogen) atoms. The highest BCUT2D eigenvalue weighted by Crippen LogP contribution is 2.43. The van der Waals surface area contributed by atoms with Crippen LogP contribution in [0.25, 0.3) is 0 Å². The van der Waals surface area contributed by atoms with Crippen molar-refractivity contribution in [3.05, 3.63) is 33.3 Å². The Labute approximate surface area is 155 Å². The lowest BCUT2D eigenvalue weighted by Gasteiger charge is -2.40. The minimum Gasteiger partial charge on any atom is -0.378 e. The molecule has 1 aromatic rings. The van der Waals surface area contributed by atoms with E-state index in [1.165, 1.54) is 12.0 Å². The number of anilines is 1. The topological polar surface area (TPSA) is 61.5 Å². The number of fused-ring (bicyclic) bond motifs is 2. The summed E-state index contributed by atoms with van der Waals surface area (Å²) in [5.74, 6) is 0.736. The highest BCUT2D eigenvalue weighted by Gasteiger charge is 2.44. The van der Waals surface area contributed by atoms with Crippen LogP contribution in [-0.4, -0.2) is 60.8 Å². The van der Waals surface area contributed by atoms with E-state index < -0.39 is 0 Å². The molecule has 2 fully saturated rings. The Morgan fingerprint density at radius 2 is 2.08 bits per heavy atom. The van der Waals surface area contributed by atoms with Gasteiger partial charge in [-0.3, -0.25) is 14.7 Å². The summed E-state index contributed by atoms with van der Waals surface area (Å²) in [4.78, 5) is 25.5. The van der Waals surface area contributed by atoms with Crippen molar-refractivity contribution < 1.29 is 4.74 Å². The molecule has 142 valence electrons. The van der Waals surface area contributed by atoms with E-state index in [9.17, 15) is 4.79 Å². The number of likely N-dealkylation sites (tertiary alicyclic amines) is 1. The Balaban J connectivity index is 1.64. The number of ether oxygens (including phenoxy) is 1. The number of H-pyrrole nitrogens is 1. The number of nitrogens with one attached hydrogen (secondary N) is 1. The van der Waals surface area contributed by atoms with Gasteiger partial charge in [0, 0.05) is 37.2 Å². The summed E-state index contributed by atoms with van der Waals surface area (Å²) < 4.78 is 5.44. The standard InChI is InChI=1S/C20H30N4O2/c1-15(2)5-9-23-8-3-6-20(14-23)7-4-16-17(20)21-19(22-18(16)25)24-10-12-26-13-11-24/h5H,3-4,6-14H2,1-2H3,(H,21,22,25). The Kier molecular flexibility index (Phi) is 4.88. The van der Waals surface area contributed by atoms with Gasteiger partial charge in [-0.1, -0.05) is 11.6 Å². The normalized spacial score (nSPS) is 26.2. The van der Waals surface area contributed by atoms with Crippen molar-refractivity contribution in [1.82, 2.24) is 14.9 Å². The van der Waals surface area contributed by atoms with Crippen LogP contribution in [0.15, 0.2) is 16.4 Å². The van der Waals surface area contributed by atoms with Gasteiger partial charge in [0.05, 0.1) is 18.9 Å². The first-order valence-electron chi connectivity index (χ1n) is 9.89. The van der Waals surface area contributed by atoms with E-state index >= 15 is 0 Å². The smallest absolute Gasteiger partial charge is 0.255 e. The minimum absolute atomic E-state index is 0.0539. The maximum absolute atomic E-state index is 12.7. The van der Waals surface area contributed by atoms with Crippen LogP contribution in [0.4, 0.5) is 5.95 Å². The highest BCUT2D eigenvalue weighted by atomic mass is 16.5. The number of aromatic amines is 1. The second kappa shape index (κ2) is 7.16. The number of rotatable bonds is 3. The number of nitrogens with zero attached hydrogens (tertiary/aromatic N) is 3. The molecule has 3 heterocycles. The lowest BCUT2D eigenvalue weighted by atomic mass is 9.77. The molecule has 4 rings (SSSR count). The highest BCUT2D eigenvalue weighted by molar-refractivity contribution is 5.40. The molecule has 0 saturated carbocycles. The fourth-order valence-electron chi connectivity index (χ4n) is 4.66. The summed E-state index contributed by atoms with van der Waals surface area (Å²) in [7, 11) is 0. The van der Waals surface area contributed by atoms with Gasteiger partial charge in [0.2, 0.25) is 5.95 Å². The lowest BCUT2D eigenvalue weighted by molar-refractivity contribution is 0.122. The van der Waals surface area contributed by atoms with Crippen LogP contribution in [0.5, 0.6) is 0 Å². The summed E-state index contributed by atoms with van der Waals surface area (Å²) in [6.45, 7) is 10.4. The van der Waals surface area contributed by atoms with Crippen LogP contribution in [0.1, 0.15) is 44.4 Å². The molecule has 2 saturated heterocycles. The summed E-state index contributed by atoms with van der Waals surface area (Å²) in [6.07, 6.45) is 6.54. The van der Waals surface area contributed by atoms with Crippen molar-refractivity contribution in [1.29, 1.82) is 0 Å². The van der Waals surface area contributed by atoms with E-state index in [0.717, 1.165) is 69.2 Å². The largest absolute Gasteiger partial charge is 0.378 e. The Morgan fingerprint density at radius 3 is 2.85 bits per heavy atom. The molecule has 1 spiro atoms. The van der Waals surface area contributed by atoms with Gasteiger partial charge in [-0.25, -0.2) is 4.98 Å². The molecule has 1 aromatic heterocycles. The van der Waals surface area contributed by atoms with E-state index in [4.69, 9.17) is 9.72 Å². The van der Waals surface area contributed by atoms with E-state index in [0.29, 0.717) is 13.2 Å².